The Morgan fingerprint density at radius 3 is 2.79 bits per heavy atom. The Bertz CT molecular complexity index is 591. The number of carbonyl (C=O) groups excluding carboxylic acids is 1. The molecule has 3 rings (SSSR count). The molecular weight excluding hydrogens is 319 g/mol. The molecule has 1 aromatic rings. The first-order valence-electron chi connectivity index (χ1n) is 8.42. The van der Waals surface area contributed by atoms with E-state index >= 15 is 0 Å². The van der Waals surface area contributed by atoms with Crippen LogP contribution in [0.1, 0.15) is 32.1 Å². The van der Waals surface area contributed by atoms with Crippen molar-refractivity contribution in [1.82, 2.24) is 5.32 Å². The van der Waals surface area contributed by atoms with Crippen molar-refractivity contribution in [2.24, 2.45) is 5.92 Å². The van der Waals surface area contributed by atoms with Crippen LogP contribution in [0.25, 0.3) is 0 Å². The summed E-state index contributed by atoms with van der Waals surface area (Å²) in [4.78, 5) is 13.6. The number of urea groups is 1. The number of rotatable bonds is 3. The zero-order chi connectivity index (χ0) is 17.2. The molecule has 0 aromatic heterocycles. The Hall–Kier alpha value is -1.92. The van der Waals surface area contributed by atoms with Crippen LogP contribution >= 0.6 is 0 Å². The lowest BCUT2D eigenvalue weighted by Gasteiger charge is -2.32. The zero-order valence-corrected chi connectivity index (χ0v) is 13.4. The van der Waals surface area contributed by atoms with Crippen LogP contribution in [-0.4, -0.2) is 31.3 Å². The molecule has 24 heavy (non-hydrogen) atoms. The van der Waals surface area contributed by atoms with Gasteiger partial charge in [-0.25, -0.2) is 4.79 Å². The van der Waals surface area contributed by atoms with Crippen molar-refractivity contribution >= 4 is 17.4 Å². The lowest BCUT2D eigenvalue weighted by atomic mass is 9.85. The van der Waals surface area contributed by atoms with Gasteiger partial charge in [-0.2, -0.15) is 13.2 Å². The fourth-order valence-electron chi connectivity index (χ4n) is 3.49. The summed E-state index contributed by atoms with van der Waals surface area (Å²) in [5, 5.41) is 6.01. The second-order valence-electron chi connectivity index (χ2n) is 6.53. The standard InChI is InChI=1S/C17H22F3N3O/c18-17(19,20)12-4-1-5-13(10-12)22-14-6-2-7-15(11-14)23-9-3-8-21-16(23)24/h2,6-7,11-13,22H,1,3-5,8-10H2,(H,21,24)/t12-,13-/m1/s1. The van der Waals surface area contributed by atoms with Crippen LogP contribution in [0.3, 0.4) is 0 Å². The van der Waals surface area contributed by atoms with Crippen LogP contribution in [-0.2, 0) is 0 Å². The van der Waals surface area contributed by atoms with Crippen LogP contribution in [0.2, 0.25) is 0 Å². The van der Waals surface area contributed by atoms with E-state index in [-0.39, 0.29) is 24.9 Å². The molecule has 1 aromatic carbocycles. The average Bonchev–Trinajstić information content (AvgIpc) is 2.55. The molecule has 1 heterocycles. The summed E-state index contributed by atoms with van der Waals surface area (Å²) in [7, 11) is 0. The number of halogens is 3. The SMILES string of the molecule is O=C1NCCCN1c1cccc(N[C@@H]2CCC[C@@H](C(F)(F)F)C2)c1. The molecule has 7 heteroatoms. The van der Waals surface area contributed by atoms with E-state index in [4.69, 9.17) is 0 Å². The number of carbonyl (C=O) groups is 1. The largest absolute Gasteiger partial charge is 0.391 e. The van der Waals surface area contributed by atoms with E-state index in [1.165, 1.54) is 0 Å². The minimum absolute atomic E-state index is 0.109. The topological polar surface area (TPSA) is 44.4 Å². The van der Waals surface area contributed by atoms with Crippen LogP contribution in [0.15, 0.2) is 24.3 Å². The highest BCUT2D eigenvalue weighted by Gasteiger charge is 2.42. The molecular formula is C17H22F3N3O. The molecule has 4 nitrogen and oxygen atoms in total. The summed E-state index contributed by atoms with van der Waals surface area (Å²) in [5.74, 6) is -1.22. The fraction of sp³-hybridized carbons (Fsp3) is 0.588. The molecule has 0 unspecified atom stereocenters. The van der Waals surface area contributed by atoms with Gasteiger partial charge in [0.1, 0.15) is 0 Å². The number of hydrogen-bond donors (Lipinski definition) is 2. The minimum Gasteiger partial charge on any atom is -0.382 e. The lowest BCUT2D eigenvalue weighted by molar-refractivity contribution is -0.182. The summed E-state index contributed by atoms with van der Waals surface area (Å²) >= 11 is 0. The van der Waals surface area contributed by atoms with Gasteiger partial charge < -0.3 is 10.6 Å². The zero-order valence-electron chi connectivity index (χ0n) is 13.4. The van der Waals surface area contributed by atoms with Gasteiger partial charge in [0.15, 0.2) is 0 Å². The molecule has 1 aliphatic heterocycles. The summed E-state index contributed by atoms with van der Waals surface area (Å²) in [6.45, 7) is 1.32. The summed E-state index contributed by atoms with van der Waals surface area (Å²) in [5.41, 5.74) is 1.53. The number of amides is 2. The van der Waals surface area contributed by atoms with Gasteiger partial charge in [0.25, 0.3) is 0 Å². The number of nitrogens with zero attached hydrogens (tertiary/aromatic N) is 1. The van der Waals surface area contributed by atoms with Crippen LogP contribution in [0, 0.1) is 5.92 Å². The highest BCUT2D eigenvalue weighted by atomic mass is 19.4. The van der Waals surface area contributed by atoms with Crippen molar-refractivity contribution in [3.63, 3.8) is 0 Å². The molecule has 2 N–H and O–H groups in total. The number of benzene rings is 1. The van der Waals surface area contributed by atoms with Gasteiger partial charge in [-0.05, 0) is 43.9 Å². The van der Waals surface area contributed by atoms with Crippen LogP contribution in [0.4, 0.5) is 29.3 Å². The van der Waals surface area contributed by atoms with Gasteiger partial charge in [0.05, 0.1) is 5.92 Å². The van der Waals surface area contributed by atoms with Crippen LogP contribution < -0.4 is 15.5 Å². The van der Waals surface area contributed by atoms with Gasteiger partial charge in [-0.15, -0.1) is 0 Å². The fourth-order valence-corrected chi connectivity index (χ4v) is 3.49. The van der Waals surface area contributed by atoms with E-state index in [9.17, 15) is 18.0 Å². The van der Waals surface area contributed by atoms with E-state index in [1.807, 2.05) is 24.3 Å². The number of nitrogens with one attached hydrogen (secondary N) is 2. The Kier molecular flexibility index (Phi) is 4.87. The Balaban J connectivity index is 1.67. The quantitative estimate of drug-likeness (QED) is 0.868. The average molecular weight is 341 g/mol. The first-order valence-corrected chi connectivity index (χ1v) is 8.42. The van der Waals surface area contributed by atoms with Crippen molar-refractivity contribution < 1.29 is 18.0 Å². The van der Waals surface area contributed by atoms with E-state index in [2.05, 4.69) is 10.6 Å². The second kappa shape index (κ2) is 6.91. The van der Waals surface area contributed by atoms with Crippen molar-refractivity contribution in [2.75, 3.05) is 23.3 Å². The first-order chi connectivity index (χ1) is 11.4. The summed E-state index contributed by atoms with van der Waals surface area (Å²) < 4.78 is 38.8. The number of alkyl halides is 3. The Morgan fingerprint density at radius 2 is 2.04 bits per heavy atom. The molecule has 0 bridgehead atoms. The third-order valence-electron chi connectivity index (χ3n) is 4.75. The summed E-state index contributed by atoms with van der Waals surface area (Å²) in [6.07, 6.45) is -1.60. The van der Waals surface area contributed by atoms with E-state index in [0.29, 0.717) is 19.5 Å². The predicted octanol–water partition coefficient (Wildman–Crippen LogP) is 4.14. The highest BCUT2D eigenvalue weighted by molar-refractivity contribution is 5.93. The van der Waals surface area contributed by atoms with Gasteiger partial charge in [-0.1, -0.05) is 12.5 Å². The lowest BCUT2D eigenvalue weighted by Crippen LogP contribution is -2.46. The highest BCUT2D eigenvalue weighted by Crippen LogP contribution is 2.38. The van der Waals surface area contributed by atoms with Crippen LogP contribution in [0.5, 0.6) is 0 Å². The van der Waals surface area contributed by atoms with Gasteiger partial charge in [0.2, 0.25) is 0 Å². The number of hydrogen-bond acceptors (Lipinski definition) is 2. The van der Waals surface area contributed by atoms with Gasteiger partial charge in [-0.3, -0.25) is 4.90 Å². The maximum atomic E-state index is 12.9. The van der Waals surface area contributed by atoms with Crippen molar-refractivity contribution in [3.05, 3.63) is 24.3 Å². The van der Waals surface area contributed by atoms with E-state index < -0.39 is 12.1 Å². The minimum atomic E-state index is -4.12. The van der Waals surface area contributed by atoms with Gasteiger partial charge in [0, 0.05) is 30.5 Å². The molecule has 1 saturated carbocycles. The maximum absolute atomic E-state index is 12.9. The predicted molar refractivity (Wildman–Crippen MR) is 87.2 cm³/mol. The maximum Gasteiger partial charge on any atom is 0.391 e. The molecule has 2 fully saturated rings. The molecule has 0 spiro atoms. The van der Waals surface area contributed by atoms with Gasteiger partial charge >= 0.3 is 12.2 Å². The van der Waals surface area contributed by atoms with Crippen molar-refractivity contribution in [3.8, 4) is 0 Å². The first kappa shape index (κ1) is 16.9. The monoisotopic (exact) mass is 341 g/mol. The molecule has 2 amide bonds. The van der Waals surface area contributed by atoms with E-state index in [1.54, 1.807) is 4.90 Å². The number of anilines is 2. The third kappa shape index (κ3) is 3.94. The normalized spacial score (nSPS) is 25.3. The molecule has 2 atom stereocenters. The van der Waals surface area contributed by atoms with Crippen molar-refractivity contribution in [2.45, 2.75) is 44.3 Å². The second-order valence-corrected chi connectivity index (χ2v) is 6.53. The molecule has 0 radical (unpaired) electrons. The third-order valence-corrected chi connectivity index (χ3v) is 4.75. The summed E-state index contributed by atoms with van der Waals surface area (Å²) in [6, 6.07) is 7.02. The molecule has 1 saturated heterocycles. The molecule has 2 aliphatic rings. The Morgan fingerprint density at radius 1 is 1.21 bits per heavy atom. The van der Waals surface area contributed by atoms with Crippen molar-refractivity contribution in [1.29, 1.82) is 0 Å². The molecule has 1 aliphatic carbocycles. The smallest absolute Gasteiger partial charge is 0.382 e. The molecule has 132 valence electrons. The Labute approximate surface area is 139 Å². The van der Waals surface area contributed by atoms with E-state index in [0.717, 1.165) is 24.2 Å².